The summed E-state index contributed by atoms with van der Waals surface area (Å²) in [6.45, 7) is 14.9. The molecule has 0 aliphatic heterocycles. The SMILES string of the molecule is CC.CC(C)c1ccc(C(C)(C)C)c(Cl)c1. The van der Waals surface area contributed by atoms with Crippen molar-refractivity contribution in [2.24, 2.45) is 0 Å². The second-order valence-electron chi connectivity index (χ2n) is 5.14. The predicted molar refractivity (Wildman–Crippen MR) is 75.6 cm³/mol. The molecule has 0 saturated carbocycles. The van der Waals surface area contributed by atoms with E-state index >= 15 is 0 Å². The first-order valence-electron chi connectivity index (χ1n) is 6.12. The van der Waals surface area contributed by atoms with Crippen molar-refractivity contribution in [3.8, 4) is 0 Å². The highest BCUT2D eigenvalue weighted by Gasteiger charge is 2.17. The molecule has 0 nitrogen and oxygen atoms in total. The maximum absolute atomic E-state index is 6.26. The van der Waals surface area contributed by atoms with E-state index in [0.717, 1.165) is 5.02 Å². The van der Waals surface area contributed by atoms with Crippen LogP contribution in [0.4, 0.5) is 0 Å². The molecule has 0 unspecified atom stereocenters. The Bertz CT molecular complexity index is 319. The van der Waals surface area contributed by atoms with Crippen molar-refractivity contribution in [1.82, 2.24) is 0 Å². The molecule has 0 aromatic heterocycles. The highest BCUT2D eigenvalue weighted by atomic mass is 35.5. The lowest BCUT2D eigenvalue weighted by atomic mass is 9.86. The average molecular weight is 241 g/mol. The van der Waals surface area contributed by atoms with Crippen molar-refractivity contribution < 1.29 is 0 Å². The highest BCUT2D eigenvalue weighted by molar-refractivity contribution is 6.31. The average Bonchev–Trinajstić information content (AvgIpc) is 2.18. The summed E-state index contributed by atoms with van der Waals surface area (Å²) in [4.78, 5) is 0. The summed E-state index contributed by atoms with van der Waals surface area (Å²) in [5.74, 6) is 0.543. The van der Waals surface area contributed by atoms with Crippen LogP contribution in [0.25, 0.3) is 0 Å². The normalized spacial score (nSPS) is 11.1. The van der Waals surface area contributed by atoms with Gasteiger partial charge in [0.25, 0.3) is 0 Å². The van der Waals surface area contributed by atoms with Crippen LogP contribution < -0.4 is 0 Å². The zero-order chi connectivity index (χ0) is 12.9. The summed E-state index contributed by atoms with van der Waals surface area (Å²) in [6, 6.07) is 6.42. The van der Waals surface area contributed by atoms with Gasteiger partial charge in [0.15, 0.2) is 0 Å². The summed E-state index contributed by atoms with van der Waals surface area (Å²) in [5.41, 5.74) is 2.67. The molecule has 92 valence electrons. The minimum Gasteiger partial charge on any atom is -0.0840 e. The largest absolute Gasteiger partial charge is 0.0840 e. The van der Waals surface area contributed by atoms with Gasteiger partial charge in [-0.05, 0) is 28.5 Å². The zero-order valence-corrected chi connectivity index (χ0v) is 12.4. The van der Waals surface area contributed by atoms with Gasteiger partial charge in [-0.1, -0.05) is 72.2 Å². The monoisotopic (exact) mass is 240 g/mol. The molecule has 1 heteroatoms. The van der Waals surface area contributed by atoms with Gasteiger partial charge in [-0.15, -0.1) is 0 Å². The summed E-state index contributed by atoms with van der Waals surface area (Å²) in [7, 11) is 0. The van der Waals surface area contributed by atoms with Gasteiger partial charge in [0.1, 0.15) is 0 Å². The van der Waals surface area contributed by atoms with Crippen molar-refractivity contribution >= 4 is 11.6 Å². The zero-order valence-electron chi connectivity index (χ0n) is 11.7. The van der Waals surface area contributed by atoms with Crippen LogP contribution in [-0.4, -0.2) is 0 Å². The van der Waals surface area contributed by atoms with Crippen LogP contribution in [0, 0.1) is 0 Å². The highest BCUT2D eigenvalue weighted by Crippen LogP contribution is 2.31. The Morgan fingerprint density at radius 3 is 1.88 bits per heavy atom. The lowest BCUT2D eigenvalue weighted by molar-refractivity contribution is 0.590. The molecular formula is C15H25Cl. The molecule has 0 radical (unpaired) electrons. The van der Waals surface area contributed by atoms with Crippen LogP contribution in [0.1, 0.15) is 65.5 Å². The van der Waals surface area contributed by atoms with Crippen LogP contribution in [0.3, 0.4) is 0 Å². The van der Waals surface area contributed by atoms with Crippen LogP contribution in [0.5, 0.6) is 0 Å². The first kappa shape index (κ1) is 15.5. The molecule has 0 bridgehead atoms. The minimum absolute atomic E-state index is 0.132. The van der Waals surface area contributed by atoms with E-state index in [4.69, 9.17) is 11.6 Å². The van der Waals surface area contributed by atoms with Gasteiger partial charge in [-0.2, -0.15) is 0 Å². The van der Waals surface area contributed by atoms with Gasteiger partial charge in [-0.3, -0.25) is 0 Å². The fraction of sp³-hybridized carbons (Fsp3) is 0.600. The van der Waals surface area contributed by atoms with Crippen molar-refractivity contribution in [2.75, 3.05) is 0 Å². The molecule has 0 aliphatic carbocycles. The molecular weight excluding hydrogens is 216 g/mol. The molecule has 0 amide bonds. The Labute approximate surface area is 106 Å². The molecule has 1 aromatic rings. The van der Waals surface area contributed by atoms with E-state index in [1.807, 2.05) is 13.8 Å². The lowest BCUT2D eigenvalue weighted by Crippen LogP contribution is -2.11. The van der Waals surface area contributed by atoms with Gasteiger partial charge in [0, 0.05) is 5.02 Å². The third-order valence-corrected chi connectivity index (χ3v) is 2.78. The molecule has 0 saturated heterocycles. The fourth-order valence-electron chi connectivity index (χ4n) is 1.50. The van der Waals surface area contributed by atoms with Gasteiger partial charge < -0.3 is 0 Å². The van der Waals surface area contributed by atoms with E-state index in [1.54, 1.807) is 0 Å². The van der Waals surface area contributed by atoms with Crippen molar-refractivity contribution in [3.05, 3.63) is 34.3 Å². The lowest BCUT2D eigenvalue weighted by Gasteiger charge is -2.21. The third kappa shape index (κ3) is 4.17. The summed E-state index contributed by atoms with van der Waals surface area (Å²) >= 11 is 6.26. The fourth-order valence-corrected chi connectivity index (χ4v) is 1.97. The third-order valence-electron chi connectivity index (χ3n) is 2.47. The number of hydrogen-bond acceptors (Lipinski definition) is 0. The Morgan fingerprint density at radius 1 is 1.06 bits per heavy atom. The standard InChI is InChI=1S/C13H19Cl.C2H6/c1-9(2)10-6-7-11(12(14)8-10)13(3,4)5;1-2/h6-9H,1-5H3;1-2H3. The topological polar surface area (TPSA) is 0 Å². The smallest absolute Gasteiger partial charge is 0.0446 e. The van der Waals surface area contributed by atoms with Crippen molar-refractivity contribution in [2.45, 2.75) is 59.8 Å². The van der Waals surface area contributed by atoms with E-state index in [1.165, 1.54) is 11.1 Å². The van der Waals surface area contributed by atoms with Crippen molar-refractivity contribution in [3.63, 3.8) is 0 Å². The maximum atomic E-state index is 6.26. The number of halogens is 1. The Kier molecular flexibility index (Phi) is 6.10. The first-order chi connectivity index (χ1) is 7.32. The van der Waals surface area contributed by atoms with E-state index < -0.39 is 0 Å². The van der Waals surface area contributed by atoms with Gasteiger partial charge in [-0.25, -0.2) is 0 Å². The van der Waals surface area contributed by atoms with Crippen LogP contribution >= 0.6 is 11.6 Å². The molecule has 0 fully saturated rings. The first-order valence-corrected chi connectivity index (χ1v) is 6.50. The van der Waals surface area contributed by atoms with E-state index in [2.05, 4.69) is 52.8 Å². The van der Waals surface area contributed by atoms with Gasteiger partial charge >= 0.3 is 0 Å². The number of benzene rings is 1. The molecule has 0 N–H and O–H groups in total. The molecule has 1 aromatic carbocycles. The van der Waals surface area contributed by atoms with E-state index in [-0.39, 0.29) is 5.41 Å². The Morgan fingerprint density at radius 2 is 1.56 bits per heavy atom. The van der Waals surface area contributed by atoms with Gasteiger partial charge in [0.2, 0.25) is 0 Å². The summed E-state index contributed by atoms with van der Waals surface area (Å²) in [5, 5.41) is 0.892. The van der Waals surface area contributed by atoms with Crippen LogP contribution in [0.15, 0.2) is 18.2 Å². The minimum atomic E-state index is 0.132. The van der Waals surface area contributed by atoms with E-state index in [0.29, 0.717) is 5.92 Å². The van der Waals surface area contributed by atoms with Crippen LogP contribution in [-0.2, 0) is 5.41 Å². The van der Waals surface area contributed by atoms with Crippen molar-refractivity contribution in [1.29, 1.82) is 0 Å². The second-order valence-corrected chi connectivity index (χ2v) is 5.55. The molecule has 1 rings (SSSR count). The maximum Gasteiger partial charge on any atom is 0.0446 e. The van der Waals surface area contributed by atoms with Crippen LogP contribution in [0.2, 0.25) is 5.02 Å². The number of hydrogen-bond donors (Lipinski definition) is 0. The predicted octanol–water partition coefficient (Wildman–Crippen LogP) is 5.79. The summed E-state index contributed by atoms with van der Waals surface area (Å²) in [6.07, 6.45) is 0. The Balaban J connectivity index is 0.00000106. The molecule has 0 aliphatic rings. The summed E-state index contributed by atoms with van der Waals surface area (Å²) < 4.78 is 0. The Hall–Kier alpha value is -0.490. The molecule has 16 heavy (non-hydrogen) atoms. The van der Waals surface area contributed by atoms with Gasteiger partial charge in [0.05, 0.1) is 0 Å². The molecule has 0 heterocycles. The second kappa shape index (κ2) is 6.30. The molecule has 0 spiro atoms. The quantitative estimate of drug-likeness (QED) is 0.583. The molecule has 0 atom stereocenters. The number of rotatable bonds is 1. The van der Waals surface area contributed by atoms with E-state index in [9.17, 15) is 0 Å².